The van der Waals surface area contributed by atoms with Crippen LogP contribution in [-0.2, 0) is 9.53 Å². The van der Waals surface area contributed by atoms with E-state index in [1.165, 1.54) is 0 Å². The Morgan fingerprint density at radius 3 is 2.37 bits per heavy atom. The lowest BCUT2D eigenvalue weighted by molar-refractivity contribution is -0.175. The predicted molar refractivity (Wildman–Crippen MR) is 65.2 cm³/mol. The normalized spacial score (nSPS) is 29.7. The van der Waals surface area contributed by atoms with Crippen LogP contribution < -0.4 is 10.6 Å². The van der Waals surface area contributed by atoms with Crippen LogP contribution in [0, 0.1) is 0 Å². The number of carbonyl (C=O) groups excluding carboxylic acids is 1. The van der Waals surface area contributed by atoms with E-state index in [1.54, 1.807) is 0 Å². The maximum atomic E-state index is 11.8. The van der Waals surface area contributed by atoms with Gasteiger partial charge in [0.2, 0.25) is 5.91 Å². The molecule has 0 spiro atoms. The molecular weight excluding hydrogens is 285 g/mol. The zero-order chi connectivity index (χ0) is 13.2. The average molecular weight is 303 g/mol. The van der Waals surface area contributed by atoms with Crippen molar-refractivity contribution in [3.05, 3.63) is 0 Å². The fourth-order valence-corrected chi connectivity index (χ4v) is 2.70. The third-order valence-electron chi connectivity index (χ3n) is 3.34. The molecule has 2 fully saturated rings. The molecule has 2 aliphatic heterocycles. The van der Waals surface area contributed by atoms with E-state index in [2.05, 4.69) is 15.4 Å². The van der Waals surface area contributed by atoms with Crippen LogP contribution in [0.3, 0.4) is 0 Å². The van der Waals surface area contributed by atoms with Crippen molar-refractivity contribution >= 4 is 18.3 Å². The first-order chi connectivity index (χ1) is 8.42. The molecule has 0 aliphatic carbocycles. The van der Waals surface area contributed by atoms with Gasteiger partial charge in [-0.05, 0) is 25.7 Å². The molecule has 1 amide bonds. The second kappa shape index (κ2) is 6.76. The van der Waals surface area contributed by atoms with Crippen molar-refractivity contribution in [2.24, 2.45) is 0 Å². The first-order valence-electron chi connectivity index (χ1n) is 6.12. The first-order valence-corrected chi connectivity index (χ1v) is 6.12. The van der Waals surface area contributed by atoms with E-state index in [9.17, 15) is 18.0 Å². The first kappa shape index (κ1) is 16.5. The van der Waals surface area contributed by atoms with Gasteiger partial charge in [0, 0.05) is 18.1 Å². The molecule has 2 atom stereocenters. The quantitative estimate of drug-likeness (QED) is 0.825. The van der Waals surface area contributed by atoms with Gasteiger partial charge in [0.1, 0.15) is 13.2 Å². The lowest BCUT2D eigenvalue weighted by Gasteiger charge is -2.29. The molecule has 2 unspecified atom stereocenters. The minimum Gasteiger partial charge on any atom is -0.362 e. The number of fused-ring (bicyclic) bond motifs is 2. The maximum absolute atomic E-state index is 11.8. The highest BCUT2D eigenvalue weighted by molar-refractivity contribution is 5.85. The van der Waals surface area contributed by atoms with Gasteiger partial charge in [0.25, 0.3) is 0 Å². The second-order valence-electron chi connectivity index (χ2n) is 4.98. The molecule has 2 bridgehead atoms. The van der Waals surface area contributed by atoms with Crippen LogP contribution in [0.4, 0.5) is 13.2 Å². The number of hydrogen-bond donors (Lipinski definition) is 2. The van der Waals surface area contributed by atoms with E-state index < -0.39 is 25.3 Å². The number of ether oxygens (including phenoxy) is 1. The molecule has 112 valence electrons. The van der Waals surface area contributed by atoms with Crippen LogP contribution >= 0.6 is 12.4 Å². The predicted octanol–water partition coefficient (Wildman–Crippen LogP) is 1.39. The number of rotatable bonds is 4. The molecule has 0 radical (unpaired) electrons. The summed E-state index contributed by atoms with van der Waals surface area (Å²) in [6.45, 7) is -1.91. The second-order valence-corrected chi connectivity index (χ2v) is 4.98. The topological polar surface area (TPSA) is 50.4 Å². The zero-order valence-electron chi connectivity index (χ0n) is 10.3. The van der Waals surface area contributed by atoms with E-state index in [0.29, 0.717) is 12.1 Å². The maximum Gasteiger partial charge on any atom is 0.411 e. The Hall–Kier alpha value is -0.530. The minimum absolute atomic E-state index is 0. The van der Waals surface area contributed by atoms with Crippen molar-refractivity contribution in [2.75, 3.05) is 13.2 Å². The summed E-state index contributed by atoms with van der Waals surface area (Å²) >= 11 is 0. The van der Waals surface area contributed by atoms with Crippen molar-refractivity contribution in [3.8, 4) is 0 Å². The van der Waals surface area contributed by atoms with Gasteiger partial charge in [-0.2, -0.15) is 13.2 Å². The summed E-state index contributed by atoms with van der Waals surface area (Å²) in [6.07, 6.45) is -0.458. The van der Waals surface area contributed by atoms with E-state index in [1.807, 2.05) is 0 Å². The minimum atomic E-state index is -4.38. The molecule has 2 aliphatic rings. The number of nitrogens with one attached hydrogen (secondary N) is 2. The highest BCUT2D eigenvalue weighted by Crippen LogP contribution is 2.26. The van der Waals surface area contributed by atoms with E-state index in [4.69, 9.17) is 0 Å². The summed E-state index contributed by atoms with van der Waals surface area (Å²) in [5.41, 5.74) is 0. The largest absolute Gasteiger partial charge is 0.411 e. The molecule has 0 aromatic rings. The Morgan fingerprint density at radius 2 is 1.84 bits per heavy atom. The van der Waals surface area contributed by atoms with Crippen molar-refractivity contribution < 1.29 is 22.7 Å². The van der Waals surface area contributed by atoms with Crippen molar-refractivity contribution in [3.63, 3.8) is 0 Å². The smallest absolute Gasteiger partial charge is 0.362 e. The van der Waals surface area contributed by atoms with Gasteiger partial charge in [0.15, 0.2) is 0 Å². The summed E-state index contributed by atoms with van der Waals surface area (Å²) in [5.74, 6) is -0.467. The Labute approximate surface area is 115 Å². The molecule has 2 saturated heterocycles. The molecule has 8 heteroatoms. The molecule has 19 heavy (non-hydrogen) atoms. The fourth-order valence-electron chi connectivity index (χ4n) is 2.70. The summed E-state index contributed by atoms with van der Waals surface area (Å²) in [5, 5.41) is 6.16. The van der Waals surface area contributed by atoms with E-state index in [0.717, 1.165) is 25.7 Å². The highest BCUT2D eigenvalue weighted by Gasteiger charge is 2.34. The van der Waals surface area contributed by atoms with Gasteiger partial charge in [-0.1, -0.05) is 0 Å². The van der Waals surface area contributed by atoms with Crippen molar-refractivity contribution in [2.45, 2.75) is 50.0 Å². The fraction of sp³-hybridized carbons (Fsp3) is 0.909. The monoisotopic (exact) mass is 302 g/mol. The number of amides is 1. The third kappa shape index (κ3) is 5.54. The molecule has 4 nitrogen and oxygen atoms in total. The SMILES string of the molecule is Cl.O=C(COCC(F)(F)F)NC1CC2CCC(C1)N2. The Balaban J connectivity index is 0.00000180. The van der Waals surface area contributed by atoms with Gasteiger partial charge >= 0.3 is 6.18 Å². The average Bonchev–Trinajstić information content (AvgIpc) is 2.56. The Morgan fingerprint density at radius 1 is 1.26 bits per heavy atom. The van der Waals surface area contributed by atoms with Crippen molar-refractivity contribution in [1.82, 2.24) is 10.6 Å². The third-order valence-corrected chi connectivity index (χ3v) is 3.34. The molecule has 0 aromatic heterocycles. The van der Waals surface area contributed by atoms with Crippen LogP contribution in [0.25, 0.3) is 0 Å². The summed E-state index contributed by atoms with van der Waals surface area (Å²) < 4.78 is 39.7. The number of alkyl halides is 3. The van der Waals surface area contributed by atoms with Crippen LogP contribution in [0.15, 0.2) is 0 Å². The molecule has 2 N–H and O–H groups in total. The number of halogens is 4. The molecule has 2 heterocycles. The van der Waals surface area contributed by atoms with E-state index >= 15 is 0 Å². The lowest BCUT2D eigenvalue weighted by atomic mass is 10.00. The molecule has 0 saturated carbocycles. The Bertz CT molecular complexity index is 303. The van der Waals surface area contributed by atoms with Gasteiger partial charge in [-0.3, -0.25) is 4.79 Å². The van der Waals surface area contributed by atoms with Crippen LogP contribution in [0.2, 0.25) is 0 Å². The molecular formula is C11H18ClF3N2O2. The summed E-state index contributed by atoms with van der Waals surface area (Å²) in [4.78, 5) is 11.4. The summed E-state index contributed by atoms with van der Waals surface area (Å²) in [6, 6.07) is 0.932. The van der Waals surface area contributed by atoms with Crippen LogP contribution in [-0.4, -0.2) is 43.4 Å². The number of carbonyl (C=O) groups is 1. The van der Waals surface area contributed by atoms with E-state index in [-0.39, 0.29) is 18.4 Å². The van der Waals surface area contributed by atoms with Gasteiger partial charge in [-0.25, -0.2) is 0 Å². The highest BCUT2D eigenvalue weighted by atomic mass is 35.5. The lowest BCUT2D eigenvalue weighted by Crippen LogP contribution is -2.48. The number of piperidine rings is 1. The summed E-state index contributed by atoms with van der Waals surface area (Å²) in [7, 11) is 0. The van der Waals surface area contributed by atoms with Crippen molar-refractivity contribution in [1.29, 1.82) is 0 Å². The molecule has 2 rings (SSSR count). The van der Waals surface area contributed by atoms with Gasteiger partial charge < -0.3 is 15.4 Å². The standard InChI is InChI=1S/C11H17F3N2O2.ClH/c12-11(13,14)6-18-5-10(17)16-9-3-7-1-2-8(4-9)15-7;/h7-9,15H,1-6H2,(H,16,17);1H. The zero-order valence-corrected chi connectivity index (χ0v) is 11.1. The van der Waals surface area contributed by atoms with Gasteiger partial charge in [0.05, 0.1) is 0 Å². The molecule has 0 aromatic carbocycles. The van der Waals surface area contributed by atoms with Crippen LogP contribution in [0.1, 0.15) is 25.7 Å². The number of hydrogen-bond acceptors (Lipinski definition) is 3. The Kier molecular flexibility index (Phi) is 5.88. The van der Waals surface area contributed by atoms with Gasteiger partial charge in [-0.15, -0.1) is 12.4 Å². The van der Waals surface area contributed by atoms with Crippen LogP contribution in [0.5, 0.6) is 0 Å².